The number of carbonyl (C=O) groups excluding carboxylic acids is 1. The Kier molecular flexibility index (Phi) is 4.83. The van der Waals surface area contributed by atoms with Gasteiger partial charge >= 0.3 is 0 Å². The van der Waals surface area contributed by atoms with E-state index in [-0.39, 0.29) is 18.2 Å². The van der Waals surface area contributed by atoms with Gasteiger partial charge in [-0.15, -0.1) is 6.58 Å². The molecule has 1 aromatic rings. The number of furan rings is 1. The van der Waals surface area contributed by atoms with Crippen LogP contribution in [0.15, 0.2) is 29.2 Å². The number of nitrogens with zero attached hydrogens (tertiary/aromatic N) is 1. The first-order valence-corrected chi connectivity index (χ1v) is 4.83. The highest BCUT2D eigenvalue weighted by Gasteiger charge is 2.02. The largest absolute Gasteiger partial charge is 0.449 e. The normalized spacial score (nSPS) is 9.44. The molecule has 0 fully saturated rings. The van der Waals surface area contributed by atoms with Crippen LogP contribution in [0.2, 0.25) is 0 Å². The number of rotatable bonds is 6. The van der Waals surface area contributed by atoms with Crippen molar-refractivity contribution in [3.8, 4) is 6.07 Å². The van der Waals surface area contributed by atoms with Gasteiger partial charge in [0.2, 0.25) is 11.7 Å². The molecule has 1 rings (SSSR count). The molecule has 0 saturated carbocycles. The molecule has 16 heavy (non-hydrogen) atoms. The lowest BCUT2D eigenvalue weighted by Gasteiger charge is -2.02. The van der Waals surface area contributed by atoms with Crippen LogP contribution >= 0.6 is 0 Å². The molecule has 0 saturated heterocycles. The maximum atomic E-state index is 11.1. The lowest BCUT2D eigenvalue weighted by atomic mass is 10.4. The van der Waals surface area contributed by atoms with Gasteiger partial charge in [-0.1, -0.05) is 6.08 Å². The molecule has 2 N–H and O–H groups in total. The van der Waals surface area contributed by atoms with Crippen LogP contribution in [0.4, 0.5) is 0 Å². The summed E-state index contributed by atoms with van der Waals surface area (Å²) < 4.78 is 5.12. The Morgan fingerprint density at radius 2 is 2.44 bits per heavy atom. The summed E-state index contributed by atoms with van der Waals surface area (Å²) in [6.45, 7) is 4.57. The third-order valence-corrected chi connectivity index (χ3v) is 1.80. The summed E-state index contributed by atoms with van der Waals surface area (Å²) in [6.07, 6.45) is 1.61. The van der Waals surface area contributed by atoms with Crippen LogP contribution in [0, 0.1) is 11.3 Å². The van der Waals surface area contributed by atoms with E-state index >= 15 is 0 Å². The molecule has 5 heteroatoms. The summed E-state index contributed by atoms with van der Waals surface area (Å²) in [7, 11) is 0. The first kappa shape index (κ1) is 12.0. The second-order valence-electron chi connectivity index (χ2n) is 3.07. The van der Waals surface area contributed by atoms with Crippen molar-refractivity contribution in [2.45, 2.75) is 6.54 Å². The number of nitriles is 1. The summed E-state index contributed by atoms with van der Waals surface area (Å²) in [5, 5.41) is 14.1. The zero-order chi connectivity index (χ0) is 11.8. The highest BCUT2D eigenvalue weighted by molar-refractivity contribution is 5.78. The summed E-state index contributed by atoms with van der Waals surface area (Å²) in [4.78, 5) is 11.1. The molecule has 0 spiro atoms. The average molecular weight is 219 g/mol. The van der Waals surface area contributed by atoms with Crippen molar-refractivity contribution in [3.63, 3.8) is 0 Å². The van der Waals surface area contributed by atoms with E-state index in [1.54, 1.807) is 18.2 Å². The van der Waals surface area contributed by atoms with Crippen molar-refractivity contribution >= 4 is 5.91 Å². The van der Waals surface area contributed by atoms with Gasteiger partial charge in [-0.25, -0.2) is 0 Å². The molecule has 1 amide bonds. The minimum atomic E-state index is -0.105. The van der Waals surface area contributed by atoms with E-state index in [0.29, 0.717) is 18.8 Å². The first-order chi connectivity index (χ1) is 7.76. The third-order valence-electron chi connectivity index (χ3n) is 1.80. The summed E-state index contributed by atoms with van der Waals surface area (Å²) in [5.74, 6) is 0.799. The van der Waals surface area contributed by atoms with E-state index < -0.39 is 0 Å². The lowest BCUT2D eigenvalue weighted by molar-refractivity contribution is -0.120. The van der Waals surface area contributed by atoms with Crippen molar-refractivity contribution in [2.24, 2.45) is 0 Å². The second-order valence-corrected chi connectivity index (χ2v) is 3.07. The van der Waals surface area contributed by atoms with Crippen LogP contribution in [0.3, 0.4) is 0 Å². The number of nitrogens with one attached hydrogen (secondary N) is 2. The van der Waals surface area contributed by atoms with Crippen LogP contribution in [-0.2, 0) is 11.3 Å². The maximum absolute atomic E-state index is 11.1. The summed E-state index contributed by atoms with van der Waals surface area (Å²) >= 11 is 0. The second kappa shape index (κ2) is 6.43. The van der Waals surface area contributed by atoms with Crippen molar-refractivity contribution in [2.75, 3.05) is 13.1 Å². The Hall–Kier alpha value is -2.06. The van der Waals surface area contributed by atoms with Gasteiger partial charge in [0.25, 0.3) is 0 Å². The first-order valence-electron chi connectivity index (χ1n) is 4.83. The molecule has 5 nitrogen and oxygen atoms in total. The minimum Gasteiger partial charge on any atom is -0.449 e. The van der Waals surface area contributed by atoms with Crippen molar-refractivity contribution in [1.82, 2.24) is 10.6 Å². The Labute approximate surface area is 93.7 Å². The molecule has 0 aliphatic heterocycles. The van der Waals surface area contributed by atoms with Crippen LogP contribution in [0.1, 0.15) is 11.5 Å². The van der Waals surface area contributed by atoms with E-state index in [2.05, 4.69) is 17.2 Å². The Morgan fingerprint density at radius 3 is 3.06 bits per heavy atom. The molecule has 0 atom stereocenters. The topological polar surface area (TPSA) is 78.1 Å². The lowest BCUT2D eigenvalue weighted by Crippen LogP contribution is -2.33. The predicted octanol–water partition coefficient (Wildman–Crippen LogP) is 0.543. The molecule has 0 aliphatic carbocycles. The zero-order valence-corrected chi connectivity index (χ0v) is 8.82. The van der Waals surface area contributed by atoms with E-state index in [9.17, 15) is 4.79 Å². The fraction of sp³-hybridized carbons (Fsp3) is 0.273. The molecule has 0 aromatic carbocycles. The van der Waals surface area contributed by atoms with Crippen molar-refractivity contribution < 1.29 is 9.21 Å². The fourth-order valence-electron chi connectivity index (χ4n) is 1.08. The van der Waals surface area contributed by atoms with E-state index in [1.807, 2.05) is 6.07 Å². The average Bonchev–Trinajstić information content (AvgIpc) is 2.74. The van der Waals surface area contributed by atoms with Gasteiger partial charge in [0.15, 0.2) is 0 Å². The third kappa shape index (κ3) is 3.98. The smallest absolute Gasteiger partial charge is 0.234 e. The Bertz CT molecular complexity index is 404. The number of amides is 1. The molecule has 84 valence electrons. The highest BCUT2D eigenvalue weighted by Crippen LogP contribution is 2.05. The van der Waals surface area contributed by atoms with Crippen molar-refractivity contribution in [1.29, 1.82) is 5.26 Å². The van der Waals surface area contributed by atoms with Crippen LogP contribution in [0.25, 0.3) is 0 Å². The maximum Gasteiger partial charge on any atom is 0.234 e. The standard InChI is InChI=1S/C11H13N3O2/c1-2-5-14-11(15)8-13-7-10-4-3-9(6-12)16-10/h2-4,13H,1,5,7-8H2,(H,14,15). The van der Waals surface area contributed by atoms with E-state index in [4.69, 9.17) is 9.68 Å². The van der Waals surface area contributed by atoms with Crippen LogP contribution in [0.5, 0.6) is 0 Å². The zero-order valence-electron chi connectivity index (χ0n) is 8.82. The molecule has 0 aliphatic rings. The minimum absolute atomic E-state index is 0.105. The predicted molar refractivity (Wildman–Crippen MR) is 58.3 cm³/mol. The molecule has 1 aromatic heterocycles. The van der Waals surface area contributed by atoms with Gasteiger partial charge in [0.05, 0.1) is 13.1 Å². The molecular weight excluding hydrogens is 206 g/mol. The molecule has 0 unspecified atom stereocenters. The molecule has 0 bridgehead atoms. The van der Waals surface area contributed by atoms with Gasteiger partial charge < -0.3 is 15.1 Å². The Balaban J connectivity index is 2.22. The molecular formula is C11H13N3O2. The van der Waals surface area contributed by atoms with Gasteiger partial charge in [-0.2, -0.15) is 5.26 Å². The number of carbonyl (C=O) groups is 1. The monoisotopic (exact) mass is 219 g/mol. The van der Waals surface area contributed by atoms with Crippen molar-refractivity contribution in [3.05, 3.63) is 36.3 Å². The SMILES string of the molecule is C=CCNC(=O)CNCc1ccc(C#N)o1. The summed E-state index contributed by atoms with van der Waals surface area (Å²) in [5.41, 5.74) is 0. The van der Waals surface area contributed by atoms with Gasteiger partial charge in [-0.3, -0.25) is 4.79 Å². The fourth-order valence-corrected chi connectivity index (χ4v) is 1.08. The highest BCUT2D eigenvalue weighted by atomic mass is 16.3. The number of hydrogen-bond acceptors (Lipinski definition) is 4. The van der Waals surface area contributed by atoms with Crippen LogP contribution in [-0.4, -0.2) is 19.0 Å². The van der Waals surface area contributed by atoms with Gasteiger partial charge in [0.1, 0.15) is 11.8 Å². The Morgan fingerprint density at radius 1 is 1.62 bits per heavy atom. The molecule has 0 radical (unpaired) electrons. The van der Waals surface area contributed by atoms with E-state index in [1.165, 1.54) is 0 Å². The summed E-state index contributed by atoms with van der Waals surface area (Å²) in [6, 6.07) is 5.18. The quantitative estimate of drug-likeness (QED) is 0.684. The number of hydrogen-bond donors (Lipinski definition) is 2. The van der Waals surface area contributed by atoms with Gasteiger partial charge in [0, 0.05) is 6.54 Å². The van der Waals surface area contributed by atoms with Gasteiger partial charge in [-0.05, 0) is 12.1 Å². The molecule has 1 heterocycles. The van der Waals surface area contributed by atoms with E-state index in [0.717, 1.165) is 0 Å². The van der Waals surface area contributed by atoms with Crippen LogP contribution < -0.4 is 10.6 Å².